The van der Waals surface area contributed by atoms with Crippen LogP contribution in [0, 0.1) is 12.7 Å². The molecular weight excluding hydrogens is 274 g/mol. The summed E-state index contributed by atoms with van der Waals surface area (Å²) in [4.78, 5) is 6.84. The first-order chi connectivity index (χ1) is 9.32. The molecule has 0 atom stereocenters. The van der Waals surface area contributed by atoms with Crippen molar-refractivity contribution in [3.05, 3.63) is 41.5 Å². The number of aromatic nitrogens is 2. The van der Waals surface area contributed by atoms with Crippen LogP contribution in [0.15, 0.2) is 24.3 Å². The Morgan fingerprint density at radius 2 is 1.85 bits per heavy atom. The molecule has 0 spiro atoms. The van der Waals surface area contributed by atoms with E-state index in [1.165, 1.54) is 38.2 Å². The summed E-state index contributed by atoms with van der Waals surface area (Å²) in [5.74, 6) is -1.74. The average molecular weight is 285 g/mol. The Balaban J connectivity index is 2.65. The summed E-state index contributed by atoms with van der Waals surface area (Å²) in [5.41, 5.74) is 0.560. The Morgan fingerprint density at radius 1 is 1.15 bits per heavy atom. The Labute approximate surface area is 112 Å². The predicted octanol–water partition coefficient (Wildman–Crippen LogP) is 3.65. The molecule has 106 valence electrons. The number of anilines is 1. The fourth-order valence-corrected chi connectivity index (χ4v) is 1.73. The number of hydrogen-bond donors (Lipinski definition) is 1. The van der Waals surface area contributed by atoms with Crippen LogP contribution < -0.4 is 5.32 Å². The fourth-order valence-electron chi connectivity index (χ4n) is 1.73. The third kappa shape index (κ3) is 2.71. The van der Waals surface area contributed by atoms with Gasteiger partial charge in [0, 0.05) is 18.7 Å². The number of benzene rings is 1. The molecule has 1 N–H and O–H groups in total. The number of nitrogens with one attached hydrogen (secondary N) is 1. The van der Waals surface area contributed by atoms with Crippen molar-refractivity contribution in [1.82, 2.24) is 9.97 Å². The molecule has 0 saturated heterocycles. The lowest BCUT2D eigenvalue weighted by Gasteiger charge is -2.11. The third-order valence-corrected chi connectivity index (χ3v) is 2.78. The van der Waals surface area contributed by atoms with Gasteiger partial charge < -0.3 is 5.32 Å². The first kappa shape index (κ1) is 14.2. The predicted molar refractivity (Wildman–Crippen MR) is 66.7 cm³/mol. The van der Waals surface area contributed by atoms with E-state index < -0.39 is 17.8 Å². The van der Waals surface area contributed by atoms with Crippen molar-refractivity contribution in [2.45, 2.75) is 13.1 Å². The zero-order valence-corrected chi connectivity index (χ0v) is 10.7. The third-order valence-electron chi connectivity index (χ3n) is 2.78. The molecule has 3 nitrogen and oxygen atoms in total. The summed E-state index contributed by atoms with van der Waals surface area (Å²) in [5, 5.41) is 2.54. The maximum absolute atomic E-state index is 13.5. The summed E-state index contributed by atoms with van der Waals surface area (Å²) in [7, 11) is 1.45. The van der Waals surface area contributed by atoms with Crippen molar-refractivity contribution in [3.8, 4) is 11.3 Å². The van der Waals surface area contributed by atoms with Crippen molar-refractivity contribution in [3.63, 3.8) is 0 Å². The summed E-state index contributed by atoms with van der Waals surface area (Å²) in [6.07, 6.45) is -4.66. The van der Waals surface area contributed by atoms with Gasteiger partial charge in [-0.15, -0.1) is 0 Å². The first-order valence-electron chi connectivity index (χ1n) is 5.72. The van der Waals surface area contributed by atoms with Crippen LogP contribution in [-0.2, 0) is 6.18 Å². The van der Waals surface area contributed by atoms with Crippen LogP contribution in [0.25, 0.3) is 11.3 Å². The molecule has 0 radical (unpaired) electrons. The normalized spacial score (nSPS) is 11.5. The Kier molecular flexibility index (Phi) is 3.61. The number of nitrogens with zero attached hydrogens (tertiary/aromatic N) is 2. The van der Waals surface area contributed by atoms with E-state index in [0.717, 1.165) is 0 Å². The van der Waals surface area contributed by atoms with E-state index in [9.17, 15) is 17.6 Å². The van der Waals surface area contributed by atoms with Gasteiger partial charge in [0.1, 0.15) is 11.6 Å². The van der Waals surface area contributed by atoms with Crippen LogP contribution in [0.5, 0.6) is 0 Å². The fraction of sp³-hybridized carbons (Fsp3) is 0.231. The quantitative estimate of drug-likeness (QED) is 0.856. The molecule has 0 bridgehead atoms. The van der Waals surface area contributed by atoms with Crippen LogP contribution in [0.4, 0.5) is 23.4 Å². The number of alkyl halides is 3. The Bertz CT molecular complexity index is 638. The van der Waals surface area contributed by atoms with Crippen molar-refractivity contribution >= 4 is 5.82 Å². The molecule has 20 heavy (non-hydrogen) atoms. The van der Waals surface area contributed by atoms with Crippen LogP contribution in [0.2, 0.25) is 0 Å². The molecule has 1 heterocycles. The standard InChI is InChI=1S/C13H11F4N3/c1-7-8(4-3-5-9(7)14)10-6-11(18-2)20-12(19-10)13(15,16)17/h3-6H,1-2H3,(H,18,19,20). The smallest absolute Gasteiger partial charge is 0.373 e. The van der Waals surface area contributed by atoms with Gasteiger partial charge in [0.05, 0.1) is 5.69 Å². The minimum absolute atomic E-state index is 0.0194. The molecule has 0 aliphatic rings. The maximum Gasteiger partial charge on any atom is 0.451 e. The zero-order valence-electron chi connectivity index (χ0n) is 10.7. The second-order valence-electron chi connectivity index (χ2n) is 4.12. The lowest BCUT2D eigenvalue weighted by Crippen LogP contribution is -2.13. The largest absolute Gasteiger partial charge is 0.451 e. The molecule has 0 aliphatic carbocycles. The number of hydrogen-bond acceptors (Lipinski definition) is 3. The lowest BCUT2D eigenvalue weighted by atomic mass is 10.0. The topological polar surface area (TPSA) is 37.8 Å². The highest BCUT2D eigenvalue weighted by Crippen LogP contribution is 2.31. The molecule has 7 heteroatoms. The second kappa shape index (κ2) is 5.07. The monoisotopic (exact) mass is 285 g/mol. The van der Waals surface area contributed by atoms with Crippen molar-refractivity contribution in [2.24, 2.45) is 0 Å². The molecule has 0 saturated carbocycles. The highest BCUT2D eigenvalue weighted by Gasteiger charge is 2.35. The van der Waals surface area contributed by atoms with Gasteiger partial charge in [0.15, 0.2) is 0 Å². The van der Waals surface area contributed by atoms with Gasteiger partial charge >= 0.3 is 6.18 Å². The van der Waals surface area contributed by atoms with Crippen LogP contribution in [-0.4, -0.2) is 17.0 Å². The van der Waals surface area contributed by atoms with Crippen molar-refractivity contribution in [2.75, 3.05) is 12.4 Å². The van der Waals surface area contributed by atoms with E-state index in [-0.39, 0.29) is 17.1 Å². The molecule has 2 rings (SSSR count). The van der Waals surface area contributed by atoms with Crippen LogP contribution in [0.1, 0.15) is 11.4 Å². The minimum Gasteiger partial charge on any atom is -0.373 e. The maximum atomic E-state index is 13.5. The zero-order chi connectivity index (χ0) is 14.9. The minimum atomic E-state index is -4.66. The van der Waals surface area contributed by atoms with E-state index >= 15 is 0 Å². The molecule has 1 aromatic carbocycles. The van der Waals surface area contributed by atoms with Gasteiger partial charge in [0.2, 0.25) is 5.82 Å². The van der Waals surface area contributed by atoms with Gasteiger partial charge in [-0.3, -0.25) is 0 Å². The molecule has 1 aromatic heterocycles. The summed E-state index contributed by atoms with van der Waals surface area (Å²) < 4.78 is 51.8. The first-order valence-corrected chi connectivity index (χ1v) is 5.72. The Morgan fingerprint density at radius 3 is 2.45 bits per heavy atom. The summed E-state index contributed by atoms with van der Waals surface area (Å²) in [6.45, 7) is 1.49. The highest BCUT2D eigenvalue weighted by atomic mass is 19.4. The van der Waals surface area contributed by atoms with E-state index in [1.807, 2.05) is 0 Å². The van der Waals surface area contributed by atoms with E-state index in [4.69, 9.17) is 0 Å². The summed E-state index contributed by atoms with van der Waals surface area (Å²) in [6, 6.07) is 5.52. The molecule has 0 aliphatic heterocycles. The second-order valence-corrected chi connectivity index (χ2v) is 4.12. The van der Waals surface area contributed by atoms with Gasteiger partial charge in [-0.2, -0.15) is 13.2 Å². The molecular formula is C13H11F4N3. The van der Waals surface area contributed by atoms with Gasteiger partial charge in [-0.05, 0) is 18.6 Å². The molecule has 0 amide bonds. The summed E-state index contributed by atoms with van der Waals surface area (Å²) >= 11 is 0. The van der Waals surface area contributed by atoms with Crippen LogP contribution >= 0.6 is 0 Å². The number of rotatable bonds is 2. The molecule has 0 fully saturated rings. The van der Waals surface area contributed by atoms with E-state index in [1.54, 1.807) is 0 Å². The van der Waals surface area contributed by atoms with E-state index in [0.29, 0.717) is 5.56 Å². The van der Waals surface area contributed by atoms with Gasteiger partial charge in [-0.1, -0.05) is 12.1 Å². The number of halogens is 4. The van der Waals surface area contributed by atoms with Crippen molar-refractivity contribution in [1.29, 1.82) is 0 Å². The van der Waals surface area contributed by atoms with Crippen molar-refractivity contribution < 1.29 is 17.6 Å². The highest BCUT2D eigenvalue weighted by molar-refractivity contribution is 5.66. The Hall–Kier alpha value is -2.18. The van der Waals surface area contributed by atoms with Crippen LogP contribution in [0.3, 0.4) is 0 Å². The SMILES string of the molecule is CNc1cc(-c2cccc(F)c2C)nc(C(F)(F)F)n1. The molecule has 0 unspecified atom stereocenters. The molecule has 2 aromatic rings. The van der Waals surface area contributed by atoms with Gasteiger partial charge in [0.25, 0.3) is 0 Å². The average Bonchev–Trinajstić information content (AvgIpc) is 2.40. The van der Waals surface area contributed by atoms with E-state index in [2.05, 4.69) is 15.3 Å². The van der Waals surface area contributed by atoms with Gasteiger partial charge in [-0.25, -0.2) is 14.4 Å². The lowest BCUT2D eigenvalue weighted by molar-refractivity contribution is -0.144.